The molecule has 2 amide bonds. The van der Waals surface area contributed by atoms with E-state index in [1.54, 1.807) is 4.90 Å². The van der Waals surface area contributed by atoms with Crippen LogP contribution in [0.5, 0.6) is 11.5 Å². The first-order valence-corrected chi connectivity index (χ1v) is 12.3. The molecule has 31 heavy (non-hydrogen) atoms. The Hall–Kier alpha value is -2.06. The van der Waals surface area contributed by atoms with Crippen molar-refractivity contribution >= 4 is 46.2 Å². The van der Waals surface area contributed by atoms with E-state index in [2.05, 4.69) is 0 Å². The van der Waals surface area contributed by atoms with Crippen LogP contribution in [0.2, 0.25) is 0 Å². The number of carbonyl (C=O) groups excluding carboxylic acids is 2. The van der Waals surface area contributed by atoms with Gasteiger partial charge in [0, 0.05) is 26.1 Å². The molecule has 0 atom stereocenters. The van der Waals surface area contributed by atoms with Gasteiger partial charge in [-0.3, -0.25) is 14.5 Å². The van der Waals surface area contributed by atoms with E-state index < -0.39 is 0 Å². The summed E-state index contributed by atoms with van der Waals surface area (Å²) in [5.41, 5.74) is 0.886. The number of benzene rings is 1. The molecule has 0 aromatic heterocycles. The Kier molecular flexibility index (Phi) is 7.50. The number of nitrogens with zero attached hydrogens (tertiary/aromatic N) is 2. The number of carbonyl (C=O) groups is 2. The summed E-state index contributed by atoms with van der Waals surface area (Å²) < 4.78 is 11.3. The molecule has 0 aliphatic carbocycles. The Morgan fingerprint density at radius 3 is 2.65 bits per heavy atom. The van der Waals surface area contributed by atoms with Gasteiger partial charge in [0.25, 0.3) is 5.91 Å². The standard InChI is InChI=1S/C23H28N2O4S2/c26-21(24-11-5-1-2-6-12-24)8-4-3-7-13-25-22(27)20(31-23(25)30)15-17-9-10-18-19(14-17)29-16-28-18/h9-10,14-15H,1-8,11-13,16H2. The lowest BCUT2D eigenvalue weighted by molar-refractivity contribution is -0.131. The summed E-state index contributed by atoms with van der Waals surface area (Å²) in [6.45, 7) is 2.64. The molecule has 1 aromatic carbocycles. The molecule has 0 radical (unpaired) electrons. The van der Waals surface area contributed by atoms with Crippen LogP contribution in [0.4, 0.5) is 0 Å². The largest absolute Gasteiger partial charge is 0.454 e. The quantitative estimate of drug-likeness (QED) is 0.337. The van der Waals surface area contributed by atoms with Gasteiger partial charge in [-0.25, -0.2) is 0 Å². The summed E-state index contributed by atoms with van der Waals surface area (Å²) in [6.07, 6.45) is 9.78. The van der Waals surface area contributed by atoms with Crippen LogP contribution in [-0.4, -0.2) is 52.4 Å². The van der Waals surface area contributed by atoms with Gasteiger partial charge in [-0.05, 0) is 49.5 Å². The molecule has 0 unspecified atom stereocenters. The Labute approximate surface area is 192 Å². The van der Waals surface area contributed by atoms with Gasteiger partial charge in [-0.2, -0.15) is 0 Å². The zero-order valence-electron chi connectivity index (χ0n) is 17.6. The topological polar surface area (TPSA) is 59.1 Å². The van der Waals surface area contributed by atoms with E-state index in [0.29, 0.717) is 27.9 Å². The minimum atomic E-state index is -0.0479. The molecule has 3 aliphatic rings. The maximum Gasteiger partial charge on any atom is 0.266 e. The lowest BCUT2D eigenvalue weighted by Gasteiger charge is -2.20. The van der Waals surface area contributed by atoms with Gasteiger partial charge in [0.15, 0.2) is 11.5 Å². The summed E-state index contributed by atoms with van der Waals surface area (Å²) in [5.74, 6) is 1.64. The molecule has 0 saturated carbocycles. The van der Waals surface area contributed by atoms with Crippen molar-refractivity contribution in [1.29, 1.82) is 0 Å². The third-order valence-corrected chi connectivity index (χ3v) is 7.18. The SMILES string of the molecule is O=C(CCCCCN1C(=O)C(=Cc2ccc3c(c2)OCO3)SC1=S)N1CCCCCC1. The van der Waals surface area contributed by atoms with E-state index in [-0.39, 0.29) is 18.6 Å². The number of thioether (sulfide) groups is 1. The van der Waals surface area contributed by atoms with Crippen LogP contribution in [0.1, 0.15) is 56.9 Å². The van der Waals surface area contributed by atoms with Gasteiger partial charge in [0.2, 0.25) is 12.7 Å². The zero-order valence-corrected chi connectivity index (χ0v) is 19.3. The van der Waals surface area contributed by atoms with Crippen molar-refractivity contribution in [3.63, 3.8) is 0 Å². The molecule has 3 heterocycles. The first-order valence-electron chi connectivity index (χ1n) is 11.0. The van der Waals surface area contributed by atoms with Crippen LogP contribution < -0.4 is 9.47 Å². The van der Waals surface area contributed by atoms with Gasteiger partial charge < -0.3 is 14.4 Å². The normalized spacial score (nSPS) is 19.9. The van der Waals surface area contributed by atoms with E-state index in [9.17, 15) is 9.59 Å². The van der Waals surface area contributed by atoms with Crippen LogP contribution >= 0.6 is 24.0 Å². The number of rotatable bonds is 7. The maximum absolute atomic E-state index is 12.8. The van der Waals surface area contributed by atoms with Crippen molar-refractivity contribution in [1.82, 2.24) is 9.80 Å². The minimum absolute atomic E-state index is 0.0479. The minimum Gasteiger partial charge on any atom is -0.454 e. The fraction of sp³-hybridized carbons (Fsp3) is 0.522. The van der Waals surface area contributed by atoms with Crippen LogP contribution in [-0.2, 0) is 9.59 Å². The predicted molar refractivity (Wildman–Crippen MR) is 126 cm³/mol. The number of unbranched alkanes of at least 4 members (excludes halogenated alkanes) is 2. The highest BCUT2D eigenvalue weighted by atomic mass is 32.2. The Balaban J connectivity index is 1.22. The highest BCUT2D eigenvalue weighted by Crippen LogP contribution is 2.36. The van der Waals surface area contributed by atoms with Crippen molar-refractivity contribution in [2.45, 2.75) is 51.4 Å². The van der Waals surface area contributed by atoms with Gasteiger partial charge in [-0.1, -0.05) is 49.3 Å². The fourth-order valence-corrected chi connectivity index (χ4v) is 5.36. The monoisotopic (exact) mass is 460 g/mol. The molecule has 0 spiro atoms. The summed E-state index contributed by atoms with van der Waals surface area (Å²) in [5, 5.41) is 0. The van der Waals surface area contributed by atoms with Gasteiger partial charge in [0.1, 0.15) is 4.32 Å². The zero-order chi connectivity index (χ0) is 21.6. The number of ether oxygens (including phenoxy) is 2. The second-order valence-corrected chi connectivity index (χ2v) is 9.73. The summed E-state index contributed by atoms with van der Waals surface area (Å²) in [6, 6.07) is 5.62. The second-order valence-electron chi connectivity index (χ2n) is 8.05. The molecular formula is C23H28N2O4S2. The molecule has 2 saturated heterocycles. The molecule has 166 valence electrons. The number of fused-ring (bicyclic) bond motifs is 1. The van der Waals surface area contributed by atoms with E-state index in [4.69, 9.17) is 21.7 Å². The Bertz CT molecular complexity index is 878. The summed E-state index contributed by atoms with van der Waals surface area (Å²) in [7, 11) is 0. The van der Waals surface area contributed by atoms with Crippen LogP contribution in [0.3, 0.4) is 0 Å². The number of likely N-dealkylation sites (tertiary alicyclic amines) is 1. The lowest BCUT2D eigenvalue weighted by atomic mass is 10.1. The van der Waals surface area contributed by atoms with Crippen LogP contribution in [0.15, 0.2) is 23.1 Å². The van der Waals surface area contributed by atoms with Crippen molar-refractivity contribution in [2.24, 2.45) is 0 Å². The highest BCUT2D eigenvalue weighted by molar-refractivity contribution is 8.26. The molecule has 0 N–H and O–H groups in total. The average molecular weight is 461 g/mol. The number of hydrogen-bond acceptors (Lipinski definition) is 6. The molecule has 4 rings (SSSR count). The van der Waals surface area contributed by atoms with E-state index >= 15 is 0 Å². The van der Waals surface area contributed by atoms with E-state index in [1.807, 2.05) is 29.2 Å². The van der Waals surface area contributed by atoms with Gasteiger partial charge in [-0.15, -0.1) is 0 Å². The maximum atomic E-state index is 12.8. The molecule has 0 bridgehead atoms. The van der Waals surface area contributed by atoms with E-state index in [0.717, 1.165) is 56.5 Å². The lowest BCUT2D eigenvalue weighted by Crippen LogP contribution is -2.31. The van der Waals surface area contributed by atoms with E-state index in [1.165, 1.54) is 24.6 Å². The molecule has 2 fully saturated rings. The third kappa shape index (κ3) is 5.60. The first kappa shape index (κ1) is 22.1. The molecule has 3 aliphatic heterocycles. The third-order valence-electron chi connectivity index (χ3n) is 5.80. The Morgan fingerprint density at radius 2 is 1.84 bits per heavy atom. The molecule has 1 aromatic rings. The van der Waals surface area contributed by atoms with Gasteiger partial charge >= 0.3 is 0 Å². The summed E-state index contributed by atoms with van der Waals surface area (Å²) in [4.78, 5) is 29.5. The van der Waals surface area contributed by atoms with Gasteiger partial charge in [0.05, 0.1) is 4.91 Å². The molecule has 8 heteroatoms. The predicted octanol–water partition coefficient (Wildman–Crippen LogP) is 4.58. The second kappa shape index (κ2) is 10.5. The van der Waals surface area contributed by atoms with Crippen molar-refractivity contribution < 1.29 is 19.1 Å². The van der Waals surface area contributed by atoms with Crippen LogP contribution in [0.25, 0.3) is 6.08 Å². The molecular weight excluding hydrogens is 432 g/mol. The number of hydrogen-bond donors (Lipinski definition) is 0. The smallest absolute Gasteiger partial charge is 0.266 e. The van der Waals surface area contributed by atoms with Crippen molar-refractivity contribution in [2.75, 3.05) is 26.4 Å². The first-order chi connectivity index (χ1) is 15.1. The average Bonchev–Trinajstić information content (AvgIpc) is 3.20. The Morgan fingerprint density at radius 1 is 1.06 bits per heavy atom. The fourth-order valence-electron chi connectivity index (χ4n) is 4.05. The molecule has 6 nitrogen and oxygen atoms in total. The number of amides is 2. The van der Waals surface area contributed by atoms with Crippen molar-refractivity contribution in [3.8, 4) is 11.5 Å². The van der Waals surface area contributed by atoms with Crippen molar-refractivity contribution in [3.05, 3.63) is 28.7 Å². The number of thiocarbonyl (C=S) groups is 1. The highest BCUT2D eigenvalue weighted by Gasteiger charge is 2.31. The van der Waals surface area contributed by atoms with Crippen LogP contribution in [0, 0.1) is 0 Å². The summed E-state index contributed by atoms with van der Waals surface area (Å²) >= 11 is 6.77.